The molecule has 3 rings (SSSR count). The van der Waals surface area contributed by atoms with Crippen molar-refractivity contribution in [1.82, 2.24) is 0 Å². The van der Waals surface area contributed by atoms with Gasteiger partial charge < -0.3 is 5.11 Å². The van der Waals surface area contributed by atoms with Gasteiger partial charge in [0.2, 0.25) is 0 Å². The van der Waals surface area contributed by atoms with Crippen molar-refractivity contribution in [3.05, 3.63) is 33.2 Å². The minimum absolute atomic E-state index is 0.301. The molecule has 2 aliphatic carbocycles. The summed E-state index contributed by atoms with van der Waals surface area (Å²) in [7, 11) is 0. The Morgan fingerprint density at radius 3 is 2.61 bits per heavy atom. The second-order valence-electron chi connectivity index (χ2n) is 5.79. The predicted octanol–water partition coefficient (Wildman–Crippen LogP) is 4.10. The van der Waals surface area contributed by atoms with E-state index >= 15 is 0 Å². The SMILES string of the molecule is Cc1cc(C)c2c(c1O)C(N=O)C1CCCCC21. The minimum atomic E-state index is -0.330. The molecule has 0 amide bonds. The number of benzene rings is 1. The number of nitroso groups, excluding NO2 is 1. The summed E-state index contributed by atoms with van der Waals surface area (Å²) in [5.41, 5.74) is 4.12. The van der Waals surface area contributed by atoms with Crippen LogP contribution in [0.1, 0.15) is 59.9 Å². The van der Waals surface area contributed by atoms with Gasteiger partial charge in [-0.3, -0.25) is 0 Å². The van der Waals surface area contributed by atoms with Crippen LogP contribution >= 0.6 is 0 Å². The third-order valence-electron chi connectivity index (χ3n) is 4.78. The molecule has 3 atom stereocenters. The Morgan fingerprint density at radius 1 is 1.17 bits per heavy atom. The van der Waals surface area contributed by atoms with Crippen LogP contribution in [0.5, 0.6) is 5.75 Å². The topological polar surface area (TPSA) is 49.7 Å². The molecular formula is C15H19NO2. The molecule has 3 unspecified atom stereocenters. The number of fused-ring (bicyclic) bond motifs is 3. The van der Waals surface area contributed by atoms with Crippen LogP contribution in [0.4, 0.5) is 0 Å². The molecular weight excluding hydrogens is 226 g/mol. The van der Waals surface area contributed by atoms with Gasteiger partial charge >= 0.3 is 0 Å². The maximum Gasteiger partial charge on any atom is 0.124 e. The fourth-order valence-electron chi connectivity index (χ4n) is 4.06. The monoisotopic (exact) mass is 245 g/mol. The summed E-state index contributed by atoms with van der Waals surface area (Å²) in [6, 6.07) is 1.71. The van der Waals surface area contributed by atoms with E-state index in [1.54, 1.807) is 0 Å². The van der Waals surface area contributed by atoms with Gasteiger partial charge in [-0.15, -0.1) is 0 Å². The maximum atomic E-state index is 11.2. The summed E-state index contributed by atoms with van der Waals surface area (Å²) in [4.78, 5) is 11.2. The van der Waals surface area contributed by atoms with E-state index in [1.807, 2.05) is 13.0 Å². The number of nitrogens with zero attached hydrogens (tertiary/aromatic N) is 1. The molecule has 0 aromatic heterocycles. The Bertz CT molecular complexity index is 510. The molecule has 0 radical (unpaired) electrons. The number of rotatable bonds is 1. The van der Waals surface area contributed by atoms with Gasteiger partial charge in [-0.2, -0.15) is 4.91 Å². The molecule has 1 saturated carbocycles. The van der Waals surface area contributed by atoms with Crippen molar-refractivity contribution in [1.29, 1.82) is 0 Å². The Hall–Kier alpha value is -1.38. The number of hydrogen-bond donors (Lipinski definition) is 1. The van der Waals surface area contributed by atoms with Gasteiger partial charge in [0, 0.05) is 5.56 Å². The molecule has 1 aromatic rings. The van der Waals surface area contributed by atoms with Crippen molar-refractivity contribution in [2.24, 2.45) is 11.1 Å². The molecule has 0 spiro atoms. The van der Waals surface area contributed by atoms with Gasteiger partial charge in [0.1, 0.15) is 11.8 Å². The molecule has 0 bridgehead atoms. The lowest BCUT2D eigenvalue weighted by molar-refractivity contribution is 0.291. The summed E-state index contributed by atoms with van der Waals surface area (Å²) >= 11 is 0. The van der Waals surface area contributed by atoms with Crippen LogP contribution in [-0.4, -0.2) is 5.11 Å². The number of aromatic hydroxyl groups is 1. The van der Waals surface area contributed by atoms with E-state index in [0.29, 0.717) is 17.6 Å². The van der Waals surface area contributed by atoms with Crippen molar-refractivity contribution in [3.63, 3.8) is 0 Å². The zero-order chi connectivity index (χ0) is 12.9. The highest BCUT2D eigenvalue weighted by Gasteiger charge is 2.45. The highest BCUT2D eigenvalue weighted by Crippen LogP contribution is 2.57. The van der Waals surface area contributed by atoms with E-state index in [2.05, 4.69) is 12.1 Å². The molecule has 0 saturated heterocycles. The third-order valence-corrected chi connectivity index (χ3v) is 4.78. The molecule has 1 N–H and O–H groups in total. The molecule has 18 heavy (non-hydrogen) atoms. The zero-order valence-electron chi connectivity index (χ0n) is 10.9. The standard InChI is InChI=1S/C15H19NO2/c1-8-7-9(2)15(17)13-12(8)10-5-3-4-6-11(10)14(13)16-18/h7,10-11,14,17H,3-6H2,1-2H3. The van der Waals surface area contributed by atoms with Gasteiger partial charge in [-0.05, 0) is 55.2 Å². The van der Waals surface area contributed by atoms with Gasteiger partial charge in [0.15, 0.2) is 0 Å². The molecule has 0 heterocycles. The van der Waals surface area contributed by atoms with Crippen LogP contribution in [-0.2, 0) is 0 Å². The summed E-state index contributed by atoms with van der Waals surface area (Å²) in [6.07, 6.45) is 4.60. The number of hydrogen-bond acceptors (Lipinski definition) is 3. The lowest BCUT2D eigenvalue weighted by Crippen LogP contribution is -2.15. The lowest BCUT2D eigenvalue weighted by atomic mass is 9.78. The van der Waals surface area contributed by atoms with E-state index in [4.69, 9.17) is 0 Å². The normalized spacial score (nSPS) is 29.8. The van der Waals surface area contributed by atoms with Crippen molar-refractivity contribution in [2.45, 2.75) is 51.5 Å². The molecule has 3 nitrogen and oxygen atoms in total. The van der Waals surface area contributed by atoms with Crippen LogP contribution < -0.4 is 0 Å². The first-order valence-electron chi connectivity index (χ1n) is 6.80. The van der Waals surface area contributed by atoms with Gasteiger partial charge in [0.25, 0.3) is 0 Å². The summed E-state index contributed by atoms with van der Waals surface area (Å²) in [5, 5.41) is 13.6. The Labute approximate surface area is 107 Å². The van der Waals surface area contributed by atoms with E-state index < -0.39 is 0 Å². The molecule has 2 aliphatic rings. The fourth-order valence-corrected chi connectivity index (χ4v) is 4.06. The number of phenolic OH excluding ortho intramolecular Hbond substituents is 1. The van der Waals surface area contributed by atoms with E-state index in [9.17, 15) is 10.0 Å². The quantitative estimate of drug-likeness (QED) is 0.757. The minimum Gasteiger partial charge on any atom is -0.507 e. The summed E-state index contributed by atoms with van der Waals surface area (Å²) in [5.74, 6) is 1.05. The zero-order valence-corrected chi connectivity index (χ0v) is 10.9. The van der Waals surface area contributed by atoms with Crippen LogP contribution in [0.25, 0.3) is 0 Å². The first-order chi connectivity index (χ1) is 8.65. The highest BCUT2D eigenvalue weighted by molar-refractivity contribution is 5.55. The molecule has 3 heteroatoms. The smallest absolute Gasteiger partial charge is 0.124 e. The number of phenols is 1. The Kier molecular flexibility index (Phi) is 2.65. The molecule has 1 aromatic carbocycles. The Balaban J connectivity index is 2.23. The largest absolute Gasteiger partial charge is 0.507 e. The average Bonchev–Trinajstić information content (AvgIpc) is 2.70. The molecule has 1 fully saturated rings. The van der Waals surface area contributed by atoms with Gasteiger partial charge in [0.05, 0.1) is 0 Å². The second-order valence-corrected chi connectivity index (χ2v) is 5.79. The van der Waals surface area contributed by atoms with Crippen LogP contribution in [0.2, 0.25) is 0 Å². The average molecular weight is 245 g/mol. The number of aryl methyl sites for hydroxylation is 2. The third kappa shape index (κ3) is 1.43. The maximum absolute atomic E-state index is 11.2. The van der Waals surface area contributed by atoms with Crippen LogP contribution in [0, 0.1) is 24.7 Å². The fraction of sp³-hybridized carbons (Fsp3) is 0.600. The van der Waals surface area contributed by atoms with E-state index in [1.165, 1.54) is 24.0 Å². The van der Waals surface area contributed by atoms with Crippen molar-refractivity contribution in [3.8, 4) is 5.75 Å². The van der Waals surface area contributed by atoms with Crippen molar-refractivity contribution in [2.75, 3.05) is 0 Å². The molecule has 96 valence electrons. The van der Waals surface area contributed by atoms with Gasteiger partial charge in [-0.25, -0.2) is 0 Å². The summed E-state index contributed by atoms with van der Waals surface area (Å²) < 4.78 is 0. The predicted molar refractivity (Wildman–Crippen MR) is 70.8 cm³/mol. The van der Waals surface area contributed by atoms with E-state index in [-0.39, 0.29) is 6.04 Å². The van der Waals surface area contributed by atoms with Crippen LogP contribution in [0.3, 0.4) is 0 Å². The van der Waals surface area contributed by atoms with E-state index in [0.717, 1.165) is 24.0 Å². The first-order valence-corrected chi connectivity index (χ1v) is 6.80. The van der Waals surface area contributed by atoms with Crippen molar-refractivity contribution < 1.29 is 5.11 Å². The molecule has 0 aliphatic heterocycles. The first kappa shape index (κ1) is 11.7. The second kappa shape index (κ2) is 4.08. The summed E-state index contributed by atoms with van der Waals surface area (Å²) in [6.45, 7) is 3.98. The van der Waals surface area contributed by atoms with Gasteiger partial charge in [-0.1, -0.05) is 24.1 Å². The van der Waals surface area contributed by atoms with Crippen LogP contribution in [0.15, 0.2) is 11.2 Å². The van der Waals surface area contributed by atoms with Crippen molar-refractivity contribution >= 4 is 0 Å². The lowest BCUT2D eigenvalue weighted by Gasteiger charge is -2.27. The Morgan fingerprint density at radius 2 is 1.89 bits per heavy atom. The highest BCUT2D eigenvalue weighted by atomic mass is 16.3.